The molecule has 1 atom stereocenters. The van der Waals surface area contributed by atoms with Crippen LogP contribution in [0.25, 0.3) is 0 Å². The molecule has 2 rings (SSSR count). The summed E-state index contributed by atoms with van der Waals surface area (Å²) < 4.78 is 2.21. The largest absolute Gasteiger partial charge is 0.147 e. The van der Waals surface area contributed by atoms with E-state index in [1.54, 1.807) is 22.7 Å². The first-order valence-electron chi connectivity index (χ1n) is 4.78. The molecule has 0 aliphatic carbocycles. The zero-order chi connectivity index (χ0) is 11.7. The molecule has 16 heavy (non-hydrogen) atoms. The fourth-order valence-electron chi connectivity index (χ4n) is 1.53. The molecule has 0 saturated heterocycles. The predicted molar refractivity (Wildman–Crippen MR) is 81.1 cm³/mol. The van der Waals surface area contributed by atoms with Gasteiger partial charge in [-0.25, -0.2) is 0 Å². The van der Waals surface area contributed by atoms with E-state index < -0.39 is 0 Å². The molecule has 1 unspecified atom stereocenters. The van der Waals surface area contributed by atoms with E-state index in [0.29, 0.717) is 0 Å². The molecule has 2 heterocycles. The Morgan fingerprint density at radius 2 is 2.19 bits per heavy atom. The van der Waals surface area contributed by atoms with Crippen molar-refractivity contribution in [3.63, 3.8) is 0 Å². The molecule has 0 radical (unpaired) electrons. The lowest BCUT2D eigenvalue weighted by atomic mass is 10.1. The third-order valence-electron chi connectivity index (χ3n) is 2.35. The smallest absolute Gasteiger partial charge is 0.0949 e. The zero-order valence-electron chi connectivity index (χ0n) is 8.47. The number of alkyl halides is 1. The molecule has 0 saturated carbocycles. The molecule has 0 nitrogen and oxygen atoms in total. The average molecular weight is 401 g/mol. The molecule has 0 N–H and O–H groups in total. The van der Waals surface area contributed by atoms with Crippen LogP contribution in [0.15, 0.2) is 25.1 Å². The molecule has 5 heteroatoms. The van der Waals surface area contributed by atoms with Crippen molar-refractivity contribution in [1.82, 2.24) is 0 Å². The lowest BCUT2D eigenvalue weighted by molar-refractivity contribution is 1.08. The second-order valence-electron chi connectivity index (χ2n) is 3.31. The molecule has 0 aromatic carbocycles. The summed E-state index contributed by atoms with van der Waals surface area (Å²) in [5.74, 6) is 0. The van der Waals surface area contributed by atoms with Crippen molar-refractivity contribution < 1.29 is 0 Å². The molecule has 2 aromatic rings. The molecule has 0 aliphatic heterocycles. The van der Waals surface area contributed by atoms with Gasteiger partial charge in [0, 0.05) is 10.4 Å². The SMILES string of the molecule is CCc1ccsc1C(Cl)c1cc(Br)sc1Br. The first kappa shape index (κ1) is 13.1. The second kappa shape index (κ2) is 5.53. The highest BCUT2D eigenvalue weighted by Gasteiger charge is 2.20. The summed E-state index contributed by atoms with van der Waals surface area (Å²) >= 11 is 17.0. The Balaban J connectivity index is 2.38. The van der Waals surface area contributed by atoms with Gasteiger partial charge < -0.3 is 0 Å². The van der Waals surface area contributed by atoms with Crippen molar-refractivity contribution >= 4 is 66.1 Å². The van der Waals surface area contributed by atoms with Crippen LogP contribution in [-0.2, 0) is 6.42 Å². The summed E-state index contributed by atoms with van der Waals surface area (Å²) in [5.41, 5.74) is 2.50. The Hall–Kier alpha value is 0.650. The van der Waals surface area contributed by atoms with E-state index in [-0.39, 0.29) is 5.38 Å². The summed E-state index contributed by atoms with van der Waals surface area (Å²) in [7, 11) is 0. The number of aryl methyl sites for hydroxylation is 1. The first-order valence-corrected chi connectivity index (χ1v) is 8.50. The monoisotopic (exact) mass is 398 g/mol. The van der Waals surface area contributed by atoms with Crippen LogP contribution in [0.5, 0.6) is 0 Å². The van der Waals surface area contributed by atoms with Crippen molar-refractivity contribution in [3.05, 3.63) is 41.1 Å². The molecule has 0 spiro atoms. The maximum absolute atomic E-state index is 6.54. The van der Waals surface area contributed by atoms with E-state index in [4.69, 9.17) is 11.6 Å². The van der Waals surface area contributed by atoms with Crippen molar-refractivity contribution in [1.29, 1.82) is 0 Å². The van der Waals surface area contributed by atoms with Crippen LogP contribution < -0.4 is 0 Å². The van der Waals surface area contributed by atoms with Gasteiger partial charge in [0.25, 0.3) is 0 Å². The second-order valence-corrected chi connectivity index (χ2v) is 8.44. The lowest BCUT2D eigenvalue weighted by Gasteiger charge is -2.08. The number of rotatable bonds is 3. The maximum atomic E-state index is 6.54. The van der Waals surface area contributed by atoms with Gasteiger partial charge in [-0.1, -0.05) is 6.92 Å². The van der Waals surface area contributed by atoms with Crippen LogP contribution in [0.2, 0.25) is 0 Å². The van der Waals surface area contributed by atoms with Gasteiger partial charge in [0.1, 0.15) is 0 Å². The van der Waals surface area contributed by atoms with Crippen molar-refractivity contribution in [3.8, 4) is 0 Å². The summed E-state index contributed by atoms with van der Waals surface area (Å²) in [5, 5.41) is 2.06. The van der Waals surface area contributed by atoms with E-state index in [1.807, 2.05) is 0 Å². The van der Waals surface area contributed by atoms with Gasteiger partial charge in [-0.2, -0.15) is 0 Å². The molecule has 0 fully saturated rings. The van der Waals surface area contributed by atoms with Gasteiger partial charge in [-0.3, -0.25) is 0 Å². The number of thiophene rings is 2. The Morgan fingerprint density at radius 3 is 2.75 bits per heavy atom. The first-order chi connectivity index (χ1) is 7.63. The summed E-state index contributed by atoms with van der Waals surface area (Å²) in [6.45, 7) is 2.16. The van der Waals surface area contributed by atoms with Gasteiger partial charge in [0.05, 0.1) is 12.9 Å². The molecule has 0 amide bonds. The number of hydrogen-bond donors (Lipinski definition) is 0. The van der Waals surface area contributed by atoms with Crippen LogP contribution in [0.3, 0.4) is 0 Å². The third-order valence-corrected chi connectivity index (χ3v) is 6.34. The topological polar surface area (TPSA) is 0 Å². The summed E-state index contributed by atoms with van der Waals surface area (Å²) in [6, 6.07) is 4.25. The Labute approximate surface area is 125 Å². The maximum Gasteiger partial charge on any atom is 0.0949 e. The van der Waals surface area contributed by atoms with E-state index in [2.05, 4.69) is 56.3 Å². The molecule has 2 aromatic heterocycles. The fraction of sp³-hybridized carbons (Fsp3) is 0.273. The van der Waals surface area contributed by atoms with Gasteiger partial charge in [-0.05, 0) is 61.4 Å². The molecule has 0 aliphatic rings. The highest BCUT2D eigenvalue weighted by atomic mass is 79.9. The normalized spacial score (nSPS) is 13.0. The van der Waals surface area contributed by atoms with E-state index in [0.717, 1.165) is 19.6 Å². The summed E-state index contributed by atoms with van der Waals surface area (Å²) in [4.78, 5) is 1.26. The minimum absolute atomic E-state index is 0.0492. The average Bonchev–Trinajstić information content (AvgIpc) is 2.83. The van der Waals surface area contributed by atoms with Crippen LogP contribution >= 0.6 is 66.1 Å². The van der Waals surface area contributed by atoms with E-state index >= 15 is 0 Å². The van der Waals surface area contributed by atoms with Gasteiger partial charge in [-0.15, -0.1) is 34.3 Å². The zero-order valence-corrected chi connectivity index (χ0v) is 14.0. The Bertz CT molecular complexity index is 490. The van der Waals surface area contributed by atoms with Crippen molar-refractivity contribution in [2.75, 3.05) is 0 Å². The van der Waals surface area contributed by atoms with Crippen LogP contribution in [-0.4, -0.2) is 0 Å². The van der Waals surface area contributed by atoms with Gasteiger partial charge >= 0.3 is 0 Å². The minimum Gasteiger partial charge on any atom is -0.147 e. The predicted octanol–water partition coefficient (Wildman–Crippen LogP) is 6.23. The number of halogens is 3. The van der Waals surface area contributed by atoms with Gasteiger partial charge in [0.15, 0.2) is 0 Å². The highest BCUT2D eigenvalue weighted by molar-refractivity contribution is 9.12. The molecule has 86 valence electrons. The quantitative estimate of drug-likeness (QED) is 0.536. The number of hydrogen-bond acceptors (Lipinski definition) is 2. The lowest BCUT2D eigenvalue weighted by Crippen LogP contribution is -1.92. The molecular weight excluding hydrogens is 392 g/mol. The standard InChI is InChI=1S/C11H9Br2ClS2/c1-2-6-3-4-15-10(6)9(14)7-5-8(12)16-11(7)13/h3-5,9H,2H2,1H3. The van der Waals surface area contributed by atoms with Crippen LogP contribution in [0.4, 0.5) is 0 Å². The van der Waals surface area contributed by atoms with Crippen LogP contribution in [0, 0.1) is 0 Å². The Kier molecular flexibility index (Phi) is 4.52. The highest BCUT2D eigenvalue weighted by Crippen LogP contribution is 2.43. The fourth-order valence-corrected chi connectivity index (χ4v) is 6.08. The van der Waals surface area contributed by atoms with E-state index in [1.165, 1.54) is 10.4 Å². The third kappa shape index (κ3) is 2.56. The van der Waals surface area contributed by atoms with E-state index in [9.17, 15) is 0 Å². The summed E-state index contributed by atoms with van der Waals surface area (Å²) in [6.07, 6.45) is 1.03. The van der Waals surface area contributed by atoms with Crippen LogP contribution in [0.1, 0.15) is 28.3 Å². The van der Waals surface area contributed by atoms with Crippen molar-refractivity contribution in [2.45, 2.75) is 18.7 Å². The Morgan fingerprint density at radius 1 is 1.44 bits per heavy atom. The molecule has 0 bridgehead atoms. The van der Waals surface area contributed by atoms with Gasteiger partial charge in [0.2, 0.25) is 0 Å². The van der Waals surface area contributed by atoms with Crippen molar-refractivity contribution in [2.24, 2.45) is 0 Å². The minimum atomic E-state index is -0.0492. The molecular formula is C11H9Br2ClS2.